The first-order chi connectivity index (χ1) is 6.62. The van der Waals surface area contributed by atoms with Crippen molar-refractivity contribution in [2.45, 2.75) is 13.3 Å². The lowest BCUT2D eigenvalue weighted by atomic mass is 10.2. The molecule has 4 nitrogen and oxygen atoms in total. The van der Waals surface area contributed by atoms with Gasteiger partial charge in [0.2, 0.25) is 0 Å². The molecule has 2 rings (SSSR count). The number of nitrogen functional groups attached to an aromatic ring is 1. The third-order valence-corrected chi connectivity index (χ3v) is 2.42. The molecule has 14 heavy (non-hydrogen) atoms. The maximum Gasteiger partial charge on any atom is 0.182 e. The van der Waals surface area contributed by atoms with E-state index >= 15 is 0 Å². The molecule has 1 aromatic carbocycles. The number of hydrogen-bond donors (Lipinski definition) is 1. The number of benzene rings is 1. The van der Waals surface area contributed by atoms with Gasteiger partial charge in [-0.05, 0) is 13.0 Å². The van der Waals surface area contributed by atoms with E-state index in [1.165, 1.54) is 0 Å². The van der Waals surface area contributed by atoms with Crippen molar-refractivity contribution < 1.29 is 0 Å². The second-order valence-electron chi connectivity index (χ2n) is 3.57. The summed E-state index contributed by atoms with van der Waals surface area (Å²) in [7, 11) is 0. The Bertz CT molecular complexity index is 389. The first-order valence-electron chi connectivity index (χ1n) is 4.62. The minimum atomic E-state index is -0.654. The van der Waals surface area contributed by atoms with Gasteiger partial charge < -0.3 is 10.9 Å². The summed E-state index contributed by atoms with van der Waals surface area (Å²) >= 11 is 0. The number of rotatable bonds is 1. The van der Waals surface area contributed by atoms with E-state index in [0.29, 0.717) is 17.9 Å². The van der Waals surface area contributed by atoms with E-state index in [4.69, 9.17) is 5.73 Å². The fourth-order valence-corrected chi connectivity index (χ4v) is 1.67. The van der Waals surface area contributed by atoms with Gasteiger partial charge in [0.05, 0.1) is 11.4 Å². The highest BCUT2D eigenvalue weighted by molar-refractivity contribution is 5.85. The predicted molar refractivity (Wildman–Crippen MR) is 58.6 cm³/mol. The monoisotopic (exact) mass is 191 g/mol. The van der Waals surface area contributed by atoms with Gasteiger partial charge in [-0.15, -0.1) is 0 Å². The molecule has 1 aromatic rings. The Morgan fingerprint density at radius 2 is 2.14 bits per heavy atom. The van der Waals surface area contributed by atoms with Crippen LogP contribution in [0.3, 0.4) is 0 Å². The number of quaternary nitrogens is 1. The molecule has 0 aromatic heterocycles. The van der Waals surface area contributed by atoms with Gasteiger partial charge in [0.1, 0.15) is 6.54 Å². The average molecular weight is 191 g/mol. The van der Waals surface area contributed by atoms with Crippen LogP contribution in [0.15, 0.2) is 29.4 Å². The molecule has 2 N–H and O–H groups in total. The standard InChI is InChI=1S/C10H13N3O/c1-8-6-7-13(14,12-8)10-5-3-2-4-9(10)11/h2-5H,6-7,11H2,1H3. The Balaban J connectivity index is 2.45. The third kappa shape index (κ3) is 1.38. The summed E-state index contributed by atoms with van der Waals surface area (Å²) < 4.78 is -0.654. The molecular formula is C10H13N3O. The van der Waals surface area contributed by atoms with Gasteiger partial charge in [0.25, 0.3) is 0 Å². The Hall–Kier alpha value is -1.39. The topological polar surface area (TPSA) is 61.4 Å². The number of nitrogens with two attached hydrogens (primary N) is 1. The van der Waals surface area contributed by atoms with Crippen molar-refractivity contribution in [1.82, 2.24) is 4.76 Å². The van der Waals surface area contributed by atoms with Crippen LogP contribution in [0, 0.1) is 5.21 Å². The molecule has 1 aliphatic rings. The molecule has 0 spiro atoms. The first-order valence-corrected chi connectivity index (χ1v) is 4.62. The summed E-state index contributed by atoms with van der Waals surface area (Å²) in [6.07, 6.45) is 0.748. The van der Waals surface area contributed by atoms with Crippen molar-refractivity contribution in [3.63, 3.8) is 0 Å². The Kier molecular flexibility index (Phi) is 2.02. The van der Waals surface area contributed by atoms with Gasteiger partial charge in [-0.1, -0.05) is 17.2 Å². The zero-order chi connectivity index (χ0) is 10.2. The van der Waals surface area contributed by atoms with Crippen LogP contribution in [0.4, 0.5) is 11.4 Å². The van der Waals surface area contributed by atoms with Crippen LogP contribution in [-0.2, 0) is 0 Å². The lowest BCUT2D eigenvalue weighted by Gasteiger charge is -2.32. The maximum absolute atomic E-state index is 12.2. The van der Waals surface area contributed by atoms with Crippen LogP contribution in [0.1, 0.15) is 13.3 Å². The van der Waals surface area contributed by atoms with Crippen molar-refractivity contribution in [3.05, 3.63) is 29.5 Å². The molecule has 0 bridgehead atoms. The molecule has 1 aliphatic heterocycles. The van der Waals surface area contributed by atoms with Gasteiger partial charge in [-0.25, -0.2) is 0 Å². The molecule has 0 aliphatic carbocycles. The van der Waals surface area contributed by atoms with Crippen molar-refractivity contribution in [2.75, 3.05) is 12.3 Å². The van der Waals surface area contributed by atoms with E-state index in [1.807, 2.05) is 19.1 Å². The van der Waals surface area contributed by atoms with Crippen LogP contribution in [0.5, 0.6) is 0 Å². The molecule has 0 fully saturated rings. The van der Waals surface area contributed by atoms with Gasteiger partial charge in [-0.2, -0.15) is 4.76 Å². The number of nitrogens with zero attached hydrogens (tertiary/aromatic N) is 2. The first kappa shape index (κ1) is 9.18. The van der Waals surface area contributed by atoms with Crippen LogP contribution in [-0.4, -0.2) is 12.3 Å². The molecule has 1 heterocycles. The summed E-state index contributed by atoms with van der Waals surface area (Å²) in [6.45, 7) is 2.33. The predicted octanol–water partition coefficient (Wildman–Crippen LogP) is 1.85. The maximum atomic E-state index is 12.2. The SMILES string of the molecule is CC1=N[N+]([O-])(c2ccccc2N)CC1. The summed E-state index contributed by atoms with van der Waals surface area (Å²) in [5.41, 5.74) is 7.70. The highest BCUT2D eigenvalue weighted by Crippen LogP contribution is 2.32. The molecule has 1 unspecified atom stereocenters. The lowest BCUT2D eigenvalue weighted by molar-refractivity contribution is 0.431. The largest absolute Gasteiger partial charge is 0.599 e. The zero-order valence-electron chi connectivity index (χ0n) is 8.10. The van der Waals surface area contributed by atoms with Crippen LogP contribution < -0.4 is 10.5 Å². The summed E-state index contributed by atoms with van der Waals surface area (Å²) in [6, 6.07) is 7.10. The van der Waals surface area contributed by atoms with E-state index in [9.17, 15) is 5.21 Å². The van der Waals surface area contributed by atoms with Gasteiger partial charge in [0.15, 0.2) is 5.69 Å². The van der Waals surface area contributed by atoms with E-state index in [-0.39, 0.29) is 0 Å². The Morgan fingerprint density at radius 3 is 2.71 bits per heavy atom. The molecule has 4 heteroatoms. The highest BCUT2D eigenvalue weighted by Gasteiger charge is 2.28. The Morgan fingerprint density at radius 1 is 1.43 bits per heavy atom. The molecule has 1 atom stereocenters. The zero-order valence-corrected chi connectivity index (χ0v) is 8.10. The molecule has 0 radical (unpaired) electrons. The van der Waals surface area contributed by atoms with Crippen molar-refractivity contribution in [2.24, 2.45) is 5.10 Å². The average Bonchev–Trinajstić information content (AvgIpc) is 2.48. The van der Waals surface area contributed by atoms with E-state index in [2.05, 4.69) is 5.10 Å². The number of hydrogen-bond acceptors (Lipinski definition) is 3. The summed E-state index contributed by atoms with van der Waals surface area (Å²) in [5, 5.41) is 16.3. The van der Waals surface area contributed by atoms with Gasteiger partial charge in [0, 0.05) is 12.5 Å². The normalized spacial score (nSPS) is 26.3. The van der Waals surface area contributed by atoms with Crippen LogP contribution >= 0.6 is 0 Å². The number of anilines is 1. The van der Waals surface area contributed by atoms with Gasteiger partial charge >= 0.3 is 0 Å². The third-order valence-electron chi connectivity index (χ3n) is 2.42. The highest BCUT2D eigenvalue weighted by atomic mass is 16.6. The molecular weight excluding hydrogens is 178 g/mol. The summed E-state index contributed by atoms with van der Waals surface area (Å²) in [5.74, 6) is 0. The fraction of sp³-hybridized carbons (Fsp3) is 0.300. The van der Waals surface area contributed by atoms with Crippen LogP contribution in [0.25, 0.3) is 0 Å². The van der Waals surface area contributed by atoms with E-state index in [1.54, 1.807) is 12.1 Å². The Labute approximate surface area is 82.8 Å². The molecule has 74 valence electrons. The molecule has 0 amide bonds. The van der Waals surface area contributed by atoms with E-state index < -0.39 is 4.76 Å². The van der Waals surface area contributed by atoms with Crippen molar-refractivity contribution >= 4 is 17.1 Å². The minimum absolute atomic E-state index is 0.458. The number of hydroxylamine groups is 1. The molecule has 0 saturated heterocycles. The molecule has 0 saturated carbocycles. The second-order valence-corrected chi connectivity index (χ2v) is 3.57. The smallest absolute Gasteiger partial charge is 0.182 e. The second kappa shape index (κ2) is 3.08. The van der Waals surface area contributed by atoms with E-state index in [0.717, 1.165) is 12.1 Å². The minimum Gasteiger partial charge on any atom is -0.599 e. The summed E-state index contributed by atoms with van der Waals surface area (Å²) in [4.78, 5) is 0. The van der Waals surface area contributed by atoms with Gasteiger partial charge in [-0.3, -0.25) is 0 Å². The fourth-order valence-electron chi connectivity index (χ4n) is 1.67. The van der Waals surface area contributed by atoms with Crippen LogP contribution in [0.2, 0.25) is 0 Å². The lowest BCUT2D eigenvalue weighted by Crippen LogP contribution is -2.35. The van der Waals surface area contributed by atoms with Crippen molar-refractivity contribution in [3.8, 4) is 0 Å². The van der Waals surface area contributed by atoms with Crippen molar-refractivity contribution in [1.29, 1.82) is 0 Å². The number of para-hydroxylation sites is 2. The quantitative estimate of drug-likeness (QED) is 0.418.